The summed E-state index contributed by atoms with van der Waals surface area (Å²) >= 11 is 0. The first-order chi connectivity index (χ1) is 6.83. The summed E-state index contributed by atoms with van der Waals surface area (Å²) in [6.07, 6.45) is 0.342. The van der Waals surface area contributed by atoms with Gasteiger partial charge in [0.2, 0.25) is 0 Å². The van der Waals surface area contributed by atoms with Gasteiger partial charge in [0, 0.05) is 5.54 Å². The van der Waals surface area contributed by atoms with E-state index >= 15 is 0 Å². The highest BCUT2D eigenvalue weighted by Crippen LogP contribution is 2.21. The van der Waals surface area contributed by atoms with Crippen molar-refractivity contribution in [2.24, 2.45) is 11.7 Å². The molecule has 3 heteroatoms. The van der Waals surface area contributed by atoms with Crippen LogP contribution >= 0.6 is 0 Å². The standard InChI is InChI=1S/C12H17F2N/c1-8(2)12(3,15)7-9-6-10(13)4-5-11(9)14/h4-6,8H,7,15H2,1-3H3. The zero-order valence-corrected chi connectivity index (χ0v) is 9.35. The van der Waals surface area contributed by atoms with Gasteiger partial charge in [0.15, 0.2) is 0 Å². The number of benzene rings is 1. The highest BCUT2D eigenvalue weighted by Gasteiger charge is 2.24. The Morgan fingerprint density at radius 3 is 2.47 bits per heavy atom. The van der Waals surface area contributed by atoms with Gasteiger partial charge in [-0.25, -0.2) is 8.78 Å². The minimum Gasteiger partial charge on any atom is -0.325 e. The Bertz CT molecular complexity index is 345. The van der Waals surface area contributed by atoms with Gasteiger partial charge in [-0.1, -0.05) is 13.8 Å². The van der Waals surface area contributed by atoms with E-state index in [4.69, 9.17) is 5.73 Å². The van der Waals surface area contributed by atoms with E-state index in [2.05, 4.69) is 0 Å². The van der Waals surface area contributed by atoms with E-state index < -0.39 is 17.2 Å². The van der Waals surface area contributed by atoms with Crippen LogP contribution < -0.4 is 5.73 Å². The molecule has 0 aliphatic rings. The van der Waals surface area contributed by atoms with Crippen LogP contribution in [0.1, 0.15) is 26.3 Å². The van der Waals surface area contributed by atoms with E-state index in [1.54, 1.807) is 0 Å². The summed E-state index contributed by atoms with van der Waals surface area (Å²) in [5, 5.41) is 0. The third-order valence-corrected chi connectivity index (χ3v) is 2.90. The predicted octanol–water partition coefficient (Wildman–Crippen LogP) is 2.88. The fraction of sp³-hybridized carbons (Fsp3) is 0.500. The summed E-state index contributed by atoms with van der Waals surface area (Å²) in [6.45, 7) is 5.79. The first kappa shape index (κ1) is 12.1. The lowest BCUT2D eigenvalue weighted by molar-refractivity contribution is 0.333. The average Bonchev–Trinajstić information content (AvgIpc) is 2.10. The van der Waals surface area contributed by atoms with Crippen molar-refractivity contribution in [2.45, 2.75) is 32.7 Å². The Morgan fingerprint density at radius 1 is 1.33 bits per heavy atom. The molecule has 0 radical (unpaired) electrons. The van der Waals surface area contributed by atoms with Gasteiger partial charge in [0.05, 0.1) is 0 Å². The first-order valence-electron chi connectivity index (χ1n) is 5.06. The predicted molar refractivity (Wildman–Crippen MR) is 57.5 cm³/mol. The van der Waals surface area contributed by atoms with Crippen LogP contribution in [0.4, 0.5) is 8.78 Å². The molecule has 0 aliphatic heterocycles. The molecular weight excluding hydrogens is 196 g/mol. The number of nitrogens with two attached hydrogens (primary N) is 1. The monoisotopic (exact) mass is 213 g/mol. The lowest BCUT2D eigenvalue weighted by Gasteiger charge is -2.29. The second-order valence-electron chi connectivity index (χ2n) is 4.57. The maximum Gasteiger partial charge on any atom is 0.126 e. The SMILES string of the molecule is CC(C)C(C)(N)Cc1cc(F)ccc1F. The van der Waals surface area contributed by atoms with E-state index in [0.717, 1.165) is 12.1 Å². The third kappa shape index (κ3) is 2.99. The van der Waals surface area contributed by atoms with Gasteiger partial charge < -0.3 is 5.73 Å². The van der Waals surface area contributed by atoms with Crippen molar-refractivity contribution in [3.8, 4) is 0 Å². The molecule has 1 unspecified atom stereocenters. The summed E-state index contributed by atoms with van der Waals surface area (Å²) in [5.74, 6) is -0.611. The van der Waals surface area contributed by atoms with Crippen molar-refractivity contribution in [3.63, 3.8) is 0 Å². The molecule has 1 atom stereocenters. The Hall–Kier alpha value is -0.960. The molecule has 0 heterocycles. The molecule has 1 aromatic carbocycles. The zero-order valence-electron chi connectivity index (χ0n) is 9.35. The largest absolute Gasteiger partial charge is 0.325 e. The normalized spacial score (nSPS) is 15.4. The zero-order chi connectivity index (χ0) is 11.6. The van der Waals surface area contributed by atoms with Gasteiger partial charge in [0.25, 0.3) is 0 Å². The van der Waals surface area contributed by atoms with Crippen LogP contribution in [-0.4, -0.2) is 5.54 Å². The molecule has 2 N–H and O–H groups in total. The molecule has 1 nitrogen and oxygen atoms in total. The van der Waals surface area contributed by atoms with Gasteiger partial charge >= 0.3 is 0 Å². The molecule has 0 amide bonds. The third-order valence-electron chi connectivity index (χ3n) is 2.90. The van der Waals surface area contributed by atoms with Crippen LogP contribution in [0.5, 0.6) is 0 Å². The van der Waals surface area contributed by atoms with Crippen LogP contribution in [0, 0.1) is 17.6 Å². The second kappa shape index (κ2) is 4.27. The highest BCUT2D eigenvalue weighted by atomic mass is 19.1. The summed E-state index contributed by atoms with van der Waals surface area (Å²) < 4.78 is 26.3. The maximum atomic E-state index is 13.3. The van der Waals surface area contributed by atoms with Crippen molar-refractivity contribution >= 4 is 0 Å². The van der Waals surface area contributed by atoms with Gasteiger partial charge in [0.1, 0.15) is 11.6 Å². The van der Waals surface area contributed by atoms with Crippen molar-refractivity contribution in [3.05, 3.63) is 35.4 Å². The Kier molecular flexibility index (Phi) is 3.45. The van der Waals surface area contributed by atoms with Gasteiger partial charge in [-0.05, 0) is 43.0 Å². The molecule has 0 saturated heterocycles. The van der Waals surface area contributed by atoms with Crippen LogP contribution in [-0.2, 0) is 6.42 Å². The number of halogens is 2. The minimum absolute atomic E-state index is 0.208. The molecule has 0 bridgehead atoms. The van der Waals surface area contributed by atoms with Crippen molar-refractivity contribution in [1.82, 2.24) is 0 Å². The molecule has 15 heavy (non-hydrogen) atoms. The molecule has 0 aromatic heterocycles. The van der Waals surface area contributed by atoms with Crippen molar-refractivity contribution in [1.29, 1.82) is 0 Å². The second-order valence-corrected chi connectivity index (χ2v) is 4.57. The van der Waals surface area contributed by atoms with E-state index in [-0.39, 0.29) is 5.92 Å². The topological polar surface area (TPSA) is 26.0 Å². The number of hydrogen-bond donors (Lipinski definition) is 1. The average molecular weight is 213 g/mol. The van der Waals surface area contributed by atoms with Crippen molar-refractivity contribution in [2.75, 3.05) is 0 Å². The maximum absolute atomic E-state index is 13.3. The molecular formula is C12H17F2N. The smallest absolute Gasteiger partial charge is 0.126 e. The Morgan fingerprint density at radius 2 is 1.93 bits per heavy atom. The lowest BCUT2D eigenvalue weighted by Crippen LogP contribution is -2.44. The Labute approximate surface area is 89.3 Å². The fourth-order valence-electron chi connectivity index (χ4n) is 1.29. The van der Waals surface area contributed by atoms with Gasteiger partial charge in [-0.2, -0.15) is 0 Å². The van der Waals surface area contributed by atoms with E-state index in [0.29, 0.717) is 12.0 Å². The van der Waals surface area contributed by atoms with E-state index in [9.17, 15) is 8.78 Å². The van der Waals surface area contributed by atoms with Crippen LogP contribution in [0.2, 0.25) is 0 Å². The molecule has 1 aromatic rings. The summed E-state index contributed by atoms with van der Waals surface area (Å²) in [5.41, 5.74) is 5.84. The van der Waals surface area contributed by atoms with Gasteiger partial charge in [-0.3, -0.25) is 0 Å². The Balaban J connectivity index is 2.94. The fourth-order valence-corrected chi connectivity index (χ4v) is 1.29. The molecule has 0 saturated carbocycles. The molecule has 1 rings (SSSR count). The summed E-state index contributed by atoms with van der Waals surface area (Å²) in [7, 11) is 0. The summed E-state index contributed by atoms with van der Waals surface area (Å²) in [6, 6.07) is 3.46. The van der Waals surface area contributed by atoms with Crippen LogP contribution in [0.15, 0.2) is 18.2 Å². The lowest BCUT2D eigenvalue weighted by atomic mass is 9.83. The molecule has 0 spiro atoms. The van der Waals surface area contributed by atoms with Crippen molar-refractivity contribution < 1.29 is 8.78 Å². The minimum atomic E-state index is -0.519. The quantitative estimate of drug-likeness (QED) is 0.820. The highest BCUT2D eigenvalue weighted by molar-refractivity contribution is 5.21. The first-order valence-corrected chi connectivity index (χ1v) is 5.06. The van der Waals surface area contributed by atoms with E-state index in [1.165, 1.54) is 6.07 Å². The molecule has 84 valence electrons. The molecule has 0 aliphatic carbocycles. The number of rotatable bonds is 3. The van der Waals surface area contributed by atoms with Gasteiger partial charge in [-0.15, -0.1) is 0 Å². The van der Waals surface area contributed by atoms with Crippen LogP contribution in [0.25, 0.3) is 0 Å². The van der Waals surface area contributed by atoms with Crippen LogP contribution in [0.3, 0.4) is 0 Å². The summed E-state index contributed by atoms with van der Waals surface area (Å²) in [4.78, 5) is 0. The molecule has 0 fully saturated rings. The van der Waals surface area contributed by atoms with E-state index in [1.807, 2.05) is 20.8 Å². The number of hydrogen-bond acceptors (Lipinski definition) is 1.